The average Bonchev–Trinajstić information content (AvgIpc) is 2.68. The maximum atomic E-state index is 5.67. The third kappa shape index (κ3) is 1.90. The largest absolute Gasteiger partial charge is 0.482 e. The molecule has 14 heavy (non-hydrogen) atoms. The first-order valence-electron chi connectivity index (χ1n) is 4.67. The zero-order valence-corrected chi connectivity index (χ0v) is 9.30. The lowest BCUT2D eigenvalue weighted by molar-refractivity contribution is 0.356. The molecule has 2 heteroatoms. The molecule has 1 unspecified atom stereocenters. The summed E-state index contributed by atoms with van der Waals surface area (Å²) in [7, 11) is 0.223. The average molecular weight is 206 g/mol. The topological polar surface area (TPSA) is 9.23 Å². The van der Waals surface area contributed by atoms with Gasteiger partial charge in [0.25, 0.3) is 0 Å². The number of benzene rings is 1. The van der Waals surface area contributed by atoms with Crippen molar-refractivity contribution in [2.75, 3.05) is 5.94 Å². The van der Waals surface area contributed by atoms with E-state index in [-0.39, 0.29) is 10.5 Å². The molecule has 1 heterocycles. The predicted octanol–water partition coefficient (Wildman–Crippen LogP) is 3.45. The van der Waals surface area contributed by atoms with Crippen LogP contribution in [0.1, 0.15) is 19.4 Å². The minimum Gasteiger partial charge on any atom is -0.482 e. The van der Waals surface area contributed by atoms with E-state index in [1.807, 2.05) is 18.2 Å². The van der Waals surface area contributed by atoms with E-state index in [1.54, 1.807) is 0 Å². The van der Waals surface area contributed by atoms with Crippen molar-refractivity contribution in [3.8, 4) is 0 Å². The zero-order valence-electron chi connectivity index (χ0n) is 8.49. The normalized spacial score (nSPS) is 20.1. The van der Waals surface area contributed by atoms with E-state index in [0.29, 0.717) is 0 Å². The van der Waals surface area contributed by atoms with Crippen LogP contribution < -0.4 is 0 Å². The summed E-state index contributed by atoms with van der Waals surface area (Å²) in [6, 6.07) is 10.3. The monoisotopic (exact) mass is 206 g/mol. The Labute approximate surface area is 87.3 Å². The summed E-state index contributed by atoms with van der Waals surface area (Å²) in [5.74, 6) is 1.86. The van der Waals surface area contributed by atoms with Crippen LogP contribution >= 0.6 is 10.5 Å². The molecule has 1 aliphatic heterocycles. The summed E-state index contributed by atoms with van der Waals surface area (Å²) in [4.78, 5) is 1.44. The van der Waals surface area contributed by atoms with Gasteiger partial charge < -0.3 is 4.74 Å². The van der Waals surface area contributed by atoms with Crippen molar-refractivity contribution in [2.24, 2.45) is 0 Å². The molecule has 74 valence electrons. The molecule has 1 nitrogen and oxygen atoms in total. The zero-order chi connectivity index (χ0) is 9.97. The molecule has 0 amide bonds. The maximum absolute atomic E-state index is 5.67. The van der Waals surface area contributed by atoms with Gasteiger partial charge in [-0.25, -0.2) is 0 Å². The minimum absolute atomic E-state index is 0.223. The van der Waals surface area contributed by atoms with Gasteiger partial charge in [-0.3, -0.25) is 0 Å². The van der Waals surface area contributed by atoms with Gasteiger partial charge in [-0.15, -0.1) is 10.5 Å². The molecule has 0 fully saturated rings. The van der Waals surface area contributed by atoms with Gasteiger partial charge in [0.05, 0.1) is 0 Å². The lowest BCUT2D eigenvalue weighted by atomic mass is 10.2. The molecule has 0 N–H and O–H groups in total. The highest BCUT2D eigenvalue weighted by atomic mass is 32.2. The van der Waals surface area contributed by atoms with E-state index in [0.717, 1.165) is 11.7 Å². The third-order valence-electron chi connectivity index (χ3n) is 2.17. The molecular weight excluding hydrogens is 192 g/mol. The summed E-state index contributed by atoms with van der Waals surface area (Å²) in [5, 5.41) is 2.24. The highest BCUT2D eigenvalue weighted by Crippen LogP contribution is 2.33. The first kappa shape index (κ1) is 9.53. The number of hydrogen-bond acceptors (Lipinski definition) is 1. The molecule has 0 spiro atoms. The van der Waals surface area contributed by atoms with E-state index in [1.165, 1.54) is 10.4 Å². The molecule has 1 aromatic rings. The Bertz CT molecular complexity index is 386. The lowest BCUT2D eigenvalue weighted by Gasteiger charge is -2.01. The quantitative estimate of drug-likeness (QED) is 0.639. The molecule has 0 bridgehead atoms. The van der Waals surface area contributed by atoms with E-state index in [4.69, 9.17) is 4.74 Å². The van der Waals surface area contributed by atoms with Crippen molar-refractivity contribution in [2.45, 2.75) is 13.8 Å². The molecule has 0 saturated heterocycles. The van der Waals surface area contributed by atoms with Crippen LogP contribution in [0.3, 0.4) is 0 Å². The third-order valence-corrected chi connectivity index (χ3v) is 4.09. The number of hydrogen-bond donors (Lipinski definition) is 0. The van der Waals surface area contributed by atoms with Gasteiger partial charge in [-0.1, -0.05) is 30.3 Å². The van der Waals surface area contributed by atoms with Gasteiger partial charge >= 0.3 is 0 Å². The van der Waals surface area contributed by atoms with Crippen LogP contribution in [0.5, 0.6) is 0 Å². The van der Waals surface area contributed by atoms with Gasteiger partial charge in [0.2, 0.25) is 0 Å². The number of ether oxygens (including phenoxy) is 1. The first-order chi connectivity index (χ1) is 6.77. The first-order valence-corrected chi connectivity index (χ1v) is 6.13. The Balaban J connectivity index is 2.32. The highest BCUT2D eigenvalue weighted by molar-refractivity contribution is 8.18. The Morgan fingerprint density at radius 2 is 1.93 bits per heavy atom. The highest BCUT2D eigenvalue weighted by Gasteiger charge is 2.11. The molecule has 1 aliphatic rings. The van der Waals surface area contributed by atoms with Crippen molar-refractivity contribution >= 4 is 21.1 Å². The van der Waals surface area contributed by atoms with Gasteiger partial charge in [0.15, 0.2) is 0 Å². The van der Waals surface area contributed by atoms with Crippen molar-refractivity contribution in [3.63, 3.8) is 0 Å². The fourth-order valence-corrected chi connectivity index (χ4v) is 2.57. The van der Waals surface area contributed by atoms with Gasteiger partial charge in [-0.2, -0.15) is 0 Å². The summed E-state index contributed by atoms with van der Waals surface area (Å²) >= 11 is 0. The smallest absolute Gasteiger partial charge is 0.133 e. The second kappa shape index (κ2) is 4.01. The van der Waals surface area contributed by atoms with E-state index >= 15 is 0 Å². The van der Waals surface area contributed by atoms with Crippen LogP contribution in [-0.2, 0) is 4.74 Å². The summed E-state index contributed by atoms with van der Waals surface area (Å²) in [5.41, 5.74) is 1.18. The van der Waals surface area contributed by atoms with Crippen LogP contribution in [0.25, 0.3) is 5.76 Å². The Kier molecular flexibility index (Phi) is 2.73. The van der Waals surface area contributed by atoms with Crippen LogP contribution in [0, 0.1) is 0 Å². The second-order valence-electron chi connectivity index (χ2n) is 3.45. The molecule has 0 aliphatic carbocycles. The van der Waals surface area contributed by atoms with Crippen LogP contribution in [-0.4, -0.2) is 10.8 Å². The lowest BCUT2D eigenvalue weighted by Crippen LogP contribution is -1.85. The molecular formula is C12H14OS. The standard InChI is InChI=1S/C12H14OS/c1-10(2)14-8-12(13-9-14)11-6-4-3-5-7-11/h3-8H,9H2,1-2H3. The van der Waals surface area contributed by atoms with Crippen molar-refractivity contribution in [3.05, 3.63) is 41.3 Å². The Morgan fingerprint density at radius 1 is 1.21 bits per heavy atom. The minimum atomic E-state index is 0.223. The maximum Gasteiger partial charge on any atom is 0.133 e. The van der Waals surface area contributed by atoms with Crippen LogP contribution in [0.15, 0.2) is 35.7 Å². The van der Waals surface area contributed by atoms with E-state index in [9.17, 15) is 0 Å². The van der Waals surface area contributed by atoms with Crippen LogP contribution in [0.2, 0.25) is 0 Å². The fraction of sp³-hybridized carbons (Fsp3) is 0.250. The fourth-order valence-electron chi connectivity index (χ4n) is 1.31. The van der Waals surface area contributed by atoms with Crippen molar-refractivity contribution in [1.29, 1.82) is 0 Å². The van der Waals surface area contributed by atoms with Gasteiger partial charge in [0, 0.05) is 11.0 Å². The second-order valence-corrected chi connectivity index (χ2v) is 5.59. The summed E-state index contributed by atoms with van der Waals surface area (Å²) in [6.07, 6.45) is 0. The van der Waals surface area contributed by atoms with Crippen molar-refractivity contribution < 1.29 is 4.74 Å². The van der Waals surface area contributed by atoms with Crippen molar-refractivity contribution in [1.82, 2.24) is 0 Å². The van der Waals surface area contributed by atoms with Gasteiger partial charge in [0.1, 0.15) is 11.7 Å². The Morgan fingerprint density at radius 3 is 2.50 bits per heavy atom. The predicted molar refractivity (Wildman–Crippen MR) is 64.3 cm³/mol. The van der Waals surface area contributed by atoms with Gasteiger partial charge in [-0.05, 0) is 18.7 Å². The summed E-state index contributed by atoms with van der Waals surface area (Å²) in [6.45, 7) is 4.33. The summed E-state index contributed by atoms with van der Waals surface area (Å²) < 4.78 is 5.67. The molecule has 0 radical (unpaired) electrons. The SMILES string of the molecule is CC(C)=S1C=C(c2ccccc2)OC1. The number of rotatable bonds is 1. The molecule has 1 atom stereocenters. The van der Waals surface area contributed by atoms with E-state index < -0.39 is 0 Å². The molecule has 1 aromatic carbocycles. The van der Waals surface area contributed by atoms with E-state index in [2.05, 4.69) is 31.4 Å². The molecule has 2 rings (SSSR count). The van der Waals surface area contributed by atoms with Crippen LogP contribution in [0.4, 0.5) is 0 Å². The Hall–Kier alpha value is -1.02. The molecule has 0 aromatic heterocycles. The molecule has 0 saturated carbocycles.